The second-order valence-electron chi connectivity index (χ2n) is 6.88. The summed E-state index contributed by atoms with van der Waals surface area (Å²) in [5.41, 5.74) is 3.90. The molecule has 0 saturated carbocycles. The van der Waals surface area contributed by atoms with Crippen molar-refractivity contribution in [2.75, 3.05) is 13.1 Å². The number of ketones is 1. The lowest BCUT2D eigenvalue weighted by molar-refractivity contribution is 0.0757. The summed E-state index contributed by atoms with van der Waals surface area (Å²) in [5, 5.41) is 0. The fraction of sp³-hybridized carbons (Fsp3) is 0.364. The predicted octanol–water partition coefficient (Wildman–Crippen LogP) is 4.55. The molecule has 0 aliphatic carbocycles. The number of hydrogen-bond donors (Lipinski definition) is 0. The van der Waals surface area contributed by atoms with Gasteiger partial charge in [-0.1, -0.05) is 43.2 Å². The second kappa shape index (κ2) is 7.64. The van der Waals surface area contributed by atoms with Crippen LogP contribution in [-0.2, 0) is 0 Å². The van der Waals surface area contributed by atoms with Crippen LogP contribution in [0.2, 0.25) is 0 Å². The van der Waals surface area contributed by atoms with Crippen molar-refractivity contribution in [3.05, 3.63) is 70.3 Å². The zero-order valence-corrected chi connectivity index (χ0v) is 15.0. The zero-order chi connectivity index (χ0) is 17.8. The van der Waals surface area contributed by atoms with Crippen molar-refractivity contribution in [3.63, 3.8) is 0 Å². The second-order valence-corrected chi connectivity index (χ2v) is 6.88. The highest BCUT2D eigenvalue weighted by atomic mass is 16.2. The molecule has 1 aliphatic rings. The van der Waals surface area contributed by atoms with E-state index in [1.165, 1.54) is 12.8 Å². The van der Waals surface area contributed by atoms with E-state index in [0.717, 1.165) is 37.1 Å². The highest BCUT2D eigenvalue weighted by Gasteiger charge is 2.23. The Morgan fingerprint density at radius 3 is 2.08 bits per heavy atom. The van der Waals surface area contributed by atoms with Crippen molar-refractivity contribution in [1.29, 1.82) is 0 Å². The number of carbonyl (C=O) groups excluding carboxylic acids is 2. The van der Waals surface area contributed by atoms with Crippen LogP contribution in [0.4, 0.5) is 0 Å². The first-order chi connectivity index (χ1) is 12.1. The van der Waals surface area contributed by atoms with Crippen LogP contribution in [0.25, 0.3) is 0 Å². The summed E-state index contributed by atoms with van der Waals surface area (Å²) in [6, 6.07) is 12.9. The standard InChI is InChI=1S/C22H25NO2/c1-16-11-12-18(15-17(16)2)21(24)19-9-5-6-10-20(19)22(25)23-13-7-3-4-8-14-23/h5-6,9-12,15H,3-4,7-8,13-14H2,1-2H3. The van der Waals surface area contributed by atoms with Gasteiger partial charge in [0.25, 0.3) is 5.91 Å². The van der Waals surface area contributed by atoms with Gasteiger partial charge in [0.05, 0.1) is 5.56 Å². The van der Waals surface area contributed by atoms with Crippen molar-refractivity contribution >= 4 is 11.7 Å². The Labute approximate surface area is 149 Å². The Morgan fingerprint density at radius 1 is 0.800 bits per heavy atom. The molecule has 1 aliphatic heterocycles. The van der Waals surface area contributed by atoms with E-state index in [1.54, 1.807) is 12.1 Å². The van der Waals surface area contributed by atoms with Gasteiger partial charge in [-0.3, -0.25) is 9.59 Å². The minimum absolute atomic E-state index is 0.0188. The molecule has 130 valence electrons. The molecule has 0 atom stereocenters. The summed E-state index contributed by atoms with van der Waals surface area (Å²) in [4.78, 5) is 27.9. The number of likely N-dealkylation sites (tertiary alicyclic amines) is 1. The van der Waals surface area contributed by atoms with E-state index in [1.807, 2.05) is 49.1 Å². The molecule has 2 aromatic carbocycles. The van der Waals surface area contributed by atoms with Gasteiger partial charge in [-0.25, -0.2) is 0 Å². The number of benzene rings is 2. The van der Waals surface area contributed by atoms with Gasteiger partial charge in [-0.05, 0) is 49.9 Å². The summed E-state index contributed by atoms with van der Waals surface area (Å²) >= 11 is 0. The molecule has 3 rings (SSSR count). The van der Waals surface area contributed by atoms with Crippen LogP contribution in [0.1, 0.15) is 63.1 Å². The van der Waals surface area contributed by atoms with E-state index >= 15 is 0 Å². The number of hydrogen-bond acceptors (Lipinski definition) is 2. The quantitative estimate of drug-likeness (QED) is 0.772. The molecule has 1 heterocycles. The molecule has 0 bridgehead atoms. The Hall–Kier alpha value is -2.42. The molecule has 3 heteroatoms. The number of amides is 1. The van der Waals surface area contributed by atoms with E-state index < -0.39 is 0 Å². The zero-order valence-electron chi connectivity index (χ0n) is 15.0. The van der Waals surface area contributed by atoms with Crippen LogP contribution in [0, 0.1) is 13.8 Å². The fourth-order valence-corrected chi connectivity index (χ4v) is 3.35. The summed E-state index contributed by atoms with van der Waals surface area (Å²) < 4.78 is 0. The van der Waals surface area contributed by atoms with E-state index in [4.69, 9.17) is 0 Å². The van der Waals surface area contributed by atoms with Crippen molar-refractivity contribution < 1.29 is 9.59 Å². The molecule has 0 unspecified atom stereocenters. The maximum atomic E-state index is 13.0. The van der Waals surface area contributed by atoms with E-state index in [9.17, 15) is 9.59 Å². The molecule has 1 saturated heterocycles. The summed E-state index contributed by atoms with van der Waals surface area (Å²) in [5.74, 6) is -0.100. The normalized spacial score (nSPS) is 14.9. The molecule has 1 fully saturated rings. The molecule has 25 heavy (non-hydrogen) atoms. The van der Waals surface area contributed by atoms with Crippen LogP contribution < -0.4 is 0 Å². The minimum Gasteiger partial charge on any atom is -0.339 e. The highest BCUT2D eigenvalue weighted by Crippen LogP contribution is 2.20. The van der Waals surface area contributed by atoms with Crippen molar-refractivity contribution in [2.24, 2.45) is 0 Å². The van der Waals surface area contributed by atoms with Crippen LogP contribution >= 0.6 is 0 Å². The lowest BCUT2D eigenvalue weighted by atomic mass is 9.95. The number of rotatable bonds is 3. The van der Waals surface area contributed by atoms with Crippen molar-refractivity contribution in [3.8, 4) is 0 Å². The molecule has 0 radical (unpaired) electrons. The lowest BCUT2D eigenvalue weighted by Gasteiger charge is -2.21. The maximum Gasteiger partial charge on any atom is 0.254 e. The van der Waals surface area contributed by atoms with Crippen LogP contribution in [0.5, 0.6) is 0 Å². The van der Waals surface area contributed by atoms with Gasteiger partial charge in [-0.15, -0.1) is 0 Å². The monoisotopic (exact) mass is 335 g/mol. The molecular weight excluding hydrogens is 310 g/mol. The largest absolute Gasteiger partial charge is 0.339 e. The molecule has 1 amide bonds. The molecule has 2 aromatic rings. The van der Waals surface area contributed by atoms with Crippen molar-refractivity contribution in [1.82, 2.24) is 4.90 Å². The molecule has 3 nitrogen and oxygen atoms in total. The highest BCUT2D eigenvalue weighted by molar-refractivity contribution is 6.15. The first kappa shape index (κ1) is 17.4. The fourth-order valence-electron chi connectivity index (χ4n) is 3.35. The average Bonchev–Trinajstić information content (AvgIpc) is 2.92. The minimum atomic E-state index is -0.0816. The van der Waals surface area contributed by atoms with Gasteiger partial charge in [0.1, 0.15) is 0 Å². The topological polar surface area (TPSA) is 37.4 Å². The van der Waals surface area contributed by atoms with Crippen LogP contribution in [0.3, 0.4) is 0 Å². The third-order valence-electron chi connectivity index (χ3n) is 5.06. The van der Waals surface area contributed by atoms with E-state index in [2.05, 4.69) is 0 Å². The molecule has 0 spiro atoms. The van der Waals surface area contributed by atoms with Gasteiger partial charge in [0.2, 0.25) is 0 Å². The number of carbonyl (C=O) groups is 2. The smallest absolute Gasteiger partial charge is 0.254 e. The summed E-state index contributed by atoms with van der Waals surface area (Å²) in [6.45, 7) is 5.59. The Bertz CT molecular complexity index is 786. The summed E-state index contributed by atoms with van der Waals surface area (Å²) in [7, 11) is 0. The molecule has 0 aromatic heterocycles. The Kier molecular flexibility index (Phi) is 5.32. The van der Waals surface area contributed by atoms with Gasteiger partial charge in [0, 0.05) is 24.2 Å². The van der Waals surface area contributed by atoms with E-state index in [0.29, 0.717) is 16.7 Å². The Morgan fingerprint density at radius 2 is 1.44 bits per heavy atom. The number of nitrogens with zero attached hydrogens (tertiary/aromatic N) is 1. The molecular formula is C22H25NO2. The third kappa shape index (κ3) is 3.81. The van der Waals surface area contributed by atoms with Gasteiger partial charge in [-0.2, -0.15) is 0 Å². The maximum absolute atomic E-state index is 13.0. The van der Waals surface area contributed by atoms with Gasteiger partial charge >= 0.3 is 0 Å². The van der Waals surface area contributed by atoms with Gasteiger partial charge < -0.3 is 4.90 Å². The lowest BCUT2D eigenvalue weighted by Crippen LogP contribution is -2.33. The third-order valence-corrected chi connectivity index (χ3v) is 5.06. The first-order valence-electron chi connectivity index (χ1n) is 9.08. The Balaban J connectivity index is 1.93. The van der Waals surface area contributed by atoms with Crippen LogP contribution in [0.15, 0.2) is 42.5 Å². The van der Waals surface area contributed by atoms with E-state index in [-0.39, 0.29) is 11.7 Å². The SMILES string of the molecule is Cc1ccc(C(=O)c2ccccc2C(=O)N2CCCCCC2)cc1C. The number of aryl methyl sites for hydroxylation is 2. The molecule has 0 N–H and O–H groups in total. The van der Waals surface area contributed by atoms with Gasteiger partial charge in [0.15, 0.2) is 5.78 Å². The van der Waals surface area contributed by atoms with Crippen molar-refractivity contribution in [2.45, 2.75) is 39.5 Å². The summed E-state index contributed by atoms with van der Waals surface area (Å²) in [6.07, 6.45) is 4.43. The first-order valence-corrected chi connectivity index (χ1v) is 9.08. The van der Waals surface area contributed by atoms with Crippen LogP contribution in [-0.4, -0.2) is 29.7 Å². The predicted molar refractivity (Wildman–Crippen MR) is 100 cm³/mol. The average molecular weight is 335 g/mol.